The summed E-state index contributed by atoms with van der Waals surface area (Å²) in [5.41, 5.74) is 1.60. The van der Waals surface area contributed by atoms with Crippen molar-refractivity contribution in [3.05, 3.63) is 24.3 Å². The monoisotopic (exact) mass is 483 g/mol. The lowest BCUT2D eigenvalue weighted by Crippen LogP contribution is -2.05. The Morgan fingerprint density at radius 1 is 0.294 bits per heavy atom. The molecule has 0 heteroatoms. The molecule has 0 unspecified atom stereocenters. The van der Waals surface area contributed by atoms with Crippen LogP contribution in [0.15, 0.2) is 24.3 Å². The Morgan fingerprint density at radius 3 is 0.471 bits per heavy atom. The maximum atomic E-state index is 3.21. The Hall–Kier alpha value is -0.960. The van der Waals surface area contributed by atoms with E-state index < -0.39 is 0 Å². The van der Waals surface area contributed by atoms with Crippen molar-refractivity contribution in [2.24, 2.45) is 32.5 Å². The summed E-state index contributed by atoms with van der Waals surface area (Å²) < 4.78 is 0. The third kappa shape index (κ3) is 69.7. The second-order valence-corrected chi connectivity index (χ2v) is 14.9. The molecule has 0 atom stereocenters. The molecule has 0 aromatic heterocycles. The standard InChI is InChI=1S/2C10H20.C10H18.4CH4/c3*1-9(2,3)7-8-10(4,5)6;;;;/h2*7-8H,1-6H3;1-6H3;4*1H4/b8-7+;8-7-;;;;;. The van der Waals surface area contributed by atoms with E-state index in [-0.39, 0.29) is 40.5 Å². The fourth-order valence-electron chi connectivity index (χ4n) is 1.38. The van der Waals surface area contributed by atoms with Crippen LogP contribution in [0.5, 0.6) is 0 Å². The molecule has 0 saturated heterocycles. The first kappa shape index (κ1) is 50.0. The maximum Gasteiger partial charge on any atom is 0.0230 e. The smallest absolute Gasteiger partial charge is 0.0230 e. The van der Waals surface area contributed by atoms with Gasteiger partial charge in [0, 0.05) is 10.8 Å². The summed E-state index contributed by atoms with van der Waals surface area (Å²) in [4.78, 5) is 0. The number of allylic oxidation sites excluding steroid dienone is 4. The Balaban J connectivity index is -0.0000000607. The predicted molar refractivity (Wildman–Crippen MR) is 170 cm³/mol. The highest BCUT2D eigenvalue weighted by atomic mass is 14.2. The van der Waals surface area contributed by atoms with Crippen molar-refractivity contribution in [1.82, 2.24) is 0 Å². The average Bonchev–Trinajstić information content (AvgIpc) is 2.38. The topological polar surface area (TPSA) is 0 Å². The molecule has 0 aromatic rings. The van der Waals surface area contributed by atoms with Crippen LogP contribution >= 0.6 is 0 Å². The molecule has 0 aliphatic heterocycles. The summed E-state index contributed by atoms with van der Waals surface area (Å²) in [6.45, 7) is 39.4. The lowest BCUT2D eigenvalue weighted by atomic mass is 9.89. The number of hydrogen-bond donors (Lipinski definition) is 0. The van der Waals surface area contributed by atoms with E-state index in [1.165, 1.54) is 0 Å². The number of hydrogen-bond acceptors (Lipinski definition) is 0. The van der Waals surface area contributed by atoms with Gasteiger partial charge in [-0.2, -0.15) is 0 Å². The summed E-state index contributed by atoms with van der Waals surface area (Å²) >= 11 is 0. The quantitative estimate of drug-likeness (QED) is 0.238. The van der Waals surface area contributed by atoms with E-state index >= 15 is 0 Å². The maximum absolute atomic E-state index is 3.21. The van der Waals surface area contributed by atoms with Crippen LogP contribution in [0.4, 0.5) is 0 Å². The molecule has 0 heterocycles. The summed E-state index contributed by atoms with van der Waals surface area (Å²) in [6.07, 6.45) is 9.08. The van der Waals surface area contributed by atoms with E-state index in [4.69, 9.17) is 0 Å². The Bertz CT molecular complexity index is 473. The molecule has 0 amide bonds. The van der Waals surface area contributed by atoms with Gasteiger partial charge in [-0.15, -0.1) is 0 Å². The van der Waals surface area contributed by atoms with Crippen molar-refractivity contribution >= 4 is 0 Å². The van der Waals surface area contributed by atoms with Crippen molar-refractivity contribution < 1.29 is 0 Å². The molecule has 0 rings (SSSR count). The molecule has 0 aliphatic rings. The van der Waals surface area contributed by atoms with Gasteiger partial charge in [0.2, 0.25) is 0 Å². The predicted octanol–water partition coefficient (Wildman–Crippen LogP) is 12.9. The minimum Gasteiger partial charge on any atom is -0.0968 e. The lowest BCUT2D eigenvalue weighted by Gasteiger charge is -2.17. The second-order valence-electron chi connectivity index (χ2n) is 14.9. The van der Waals surface area contributed by atoms with Crippen LogP contribution in [0.2, 0.25) is 0 Å². The fourth-order valence-corrected chi connectivity index (χ4v) is 1.38. The van der Waals surface area contributed by atoms with Crippen molar-refractivity contribution in [2.75, 3.05) is 0 Å². The summed E-state index contributed by atoms with van der Waals surface area (Å²) in [5, 5.41) is 0. The average molecular weight is 483 g/mol. The van der Waals surface area contributed by atoms with Gasteiger partial charge in [0.25, 0.3) is 0 Å². The third-order valence-corrected chi connectivity index (χ3v) is 2.98. The van der Waals surface area contributed by atoms with E-state index in [0.29, 0.717) is 21.7 Å². The molecule has 34 heavy (non-hydrogen) atoms. The van der Waals surface area contributed by atoms with E-state index in [9.17, 15) is 0 Å². The van der Waals surface area contributed by atoms with Gasteiger partial charge in [-0.3, -0.25) is 0 Å². The van der Waals surface area contributed by atoms with Gasteiger partial charge < -0.3 is 0 Å². The van der Waals surface area contributed by atoms with E-state index in [1.807, 2.05) is 0 Å². The summed E-state index contributed by atoms with van der Waals surface area (Å²) in [5.74, 6) is 6.42. The van der Waals surface area contributed by atoms with Crippen LogP contribution in [-0.2, 0) is 0 Å². The highest BCUT2D eigenvalue weighted by Crippen LogP contribution is 2.22. The molecule has 0 fully saturated rings. The Labute approximate surface area is 222 Å². The van der Waals surface area contributed by atoms with Crippen LogP contribution in [-0.4, -0.2) is 0 Å². The van der Waals surface area contributed by atoms with Gasteiger partial charge in [-0.25, -0.2) is 0 Å². The van der Waals surface area contributed by atoms with Gasteiger partial charge in [0.15, 0.2) is 0 Å². The normalized spacial score (nSPS) is 12.2. The summed E-state index contributed by atoms with van der Waals surface area (Å²) in [6, 6.07) is 0. The zero-order valence-electron chi connectivity index (χ0n) is 24.3. The van der Waals surface area contributed by atoms with Crippen LogP contribution in [0.1, 0.15) is 154 Å². The zero-order chi connectivity index (χ0) is 25.2. The molecule has 0 bridgehead atoms. The fraction of sp³-hybridized carbons (Fsp3) is 0.824. The highest BCUT2D eigenvalue weighted by Gasteiger charge is 2.10. The van der Waals surface area contributed by atoms with Crippen LogP contribution in [0.3, 0.4) is 0 Å². The van der Waals surface area contributed by atoms with Gasteiger partial charge in [0.1, 0.15) is 0 Å². The molecule has 0 spiro atoms. The first-order chi connectivity index (χ1) is 12.6. The van der Waals surface area contributed by atoms with Crippen LogP contribution < -0.4 is 0 Å². The molecule has 0 nitrogen and oxygen atoms in total. The van der Waals surface area contributed by atoms with Gasteiger partial charge in [-0.05, 0) is 63.2 Å². The molecule has 0 aliphatic carbocycles. The van der Waals surface area contributed by atoms with E-state index in [2.05, 4.69) is 161 Å². The Morgan fingerprint density at radius 2 is 0.412 bits per heavy atom. The zero-order valence-corrected chi connectivity index (χ0v) is 24.3. The molecular formula is C34H74. The van der Waals surface area contributed by atoms with Gasteiger partial charge in [-0.1, -0.05) is 149 Å². The third-order valence-electron chi connectivity index (χ3n) is 2.98. The molecule has 0 aromatic carbocycles. The minimum absolute atomic E-state index is 0. The number of rotatable bonds is 0. The van der Waals surface area contributed by atoms with Crippen molar-refractivity contribution in [3.8, 4) is 11.8 Å². The van der Waals surface area contributed by atoms with Crippen LogP contribution in [0.25, 0.3) is 0 Å². The lowest BCUT2D eigenvalue weighted by molar-refractivity contribution is 0.502. The van der Waals surface area contributed by atoms with E-state index in [1.54, 1.807) is 0 Å². The Kier molecular flexibility index (Phi) is 27.0. The first-order valence-electron chi connectivity index (χ1n) is 11.6. The minimum atomic E-state index is 0. The van der Waals surface area contributed by atoms with Crippen molar-refractivity contribution in [2.45, 2.75) is 154 Å². The SMILES string of the molecule is C.C.C.C.CC(C)(C)/C=C/C(C)(C)C.CC(C)(C)/C=C\C(C)(C)C.CC(C)(C)C#CC(C)(C)C. The first-order valence-corrected chi connectivity index (χ1v) is 11.6. The molecule has 210 valence electrons. The van der Waals surface area contributed by atoms with Crippen molar-refractivity contribution in [1.29, 1.82) is 0 Å². The molecule has 0 radical (unpaired) electrons. The van der Waals surface area contributed by atoms with Crippen molar-refractivity contribution in [3.63, 3.8) is 0 Å². The summed E-state index contributed by atoms with van der Waals surface area (Å²) in [7, 11) is 0. The van der Waals surface area contributed by atoms with Gasteiger partial charge in [0.05, 0.1) is 0 Å². The largest absolute Gasteiger partial charge is 0.0968 e. The second kappa shape index (κ2) is 18.3. The van der Waals surface area contributed by atoms with Gasteiger partial charge >= 0.3 is 0 Å². The molecule has 0 N–H and O–H groups in total. The molecular weight excluding hydrogens is 408 g/mol. The van der Waals surface area contributed by atoms with E-state index in [0.717, 1.165) is 0 Å². The highest BCUT2D eigenvalue weighted by molar-refractivity contribution is 5.12. The molecule has 0 saturated carbocycles. The van der Waals surface area contributed by atoms with Crippen LogP contribution in [0, 0.1) is 44.3 Å².